The number of aliphatic hydroxyl groups excluding tert-OH is 1. The number of benzene rings is 5. The second-order valence-electron chi connectivity index (χ2n) is 11.1. The van der Waals surface area contributed by atoms with Crippen LogP contribution in [0.3, 0.4) is 0 Å². The minimum Gasteiger partial charge on any atom is -0.388 e. The molecule has 1 N–H and O–H groups in total. The molecule has 7 rings (SSSR count). The summed E-state index contributed by atoms with van der Waals surface area (Å²) in [5, 5.41) is 24.0. The highest BCUT2D eigenvalue weighted by atomic mass is 35.5. The summed E-state index contributed by atoms with van der Waals surface area (Å²) < 4.78 is 3.93. The summed E-state index contributed by atoms with van der Waals surface area (Å²) in [6, 6.07) is 45.0. The minimum atomic E-state index is -0.982. The van der Waals surface area contributed by atoms with Crippen LogP contribution in [0.2, 0.25) is 5.02 Å². The molecular weight excluding hydrogens is 592 g/mol. The van der Waals surface area contributed by atoms with Crippen molar-refractivity contribution in [2.45, 2.75) is 25.6 Å². The average Bonchev–Trinajstić information content (AvgIpc) is 3.74. The fourth-order valence-electron chi connectivity index (χ4n) is 6.29. The lowest BCUT2D eigenvalue weighted by Crippen LogP contribution is -2.39. The molecule has 0 aliphatic rings. The number of rotatable bonds is 9. The highest BCUT2D eigenvalue weighted by Crippen LogP contribution is 2.45. The van der Waals surface area contributed by atoms with E-state index in [0.29, 0.717) is 23.2 Å². The van der Waals surface area contributed by atoms with E-state index in [4.69, 9.17) is 16.8 Å². The Kier molecular flexibility index (Phi) is 8.01. The van der Waals surface area contributed by atoms with Crippen LogP contribution in [0.5, 0.6) is 0 Å². The van der Waals surface area contributed by atoms with E-state index in [1.54, 1.807) is 6.20 Å². The SMILES string of the molecule is Cc1cnc(CO)n1Cc1ccc(-c2ccccc2-c2nnnn2C(c2ccccc2)(c2ccccc2)c2ccccc2Cl)cc1. The number of halogens is 1. The van der Waals surface area contributed by atoms with Crippen molar-refractivity contribution in [3.05, 3.63) is 178 Å². The van der Waals surface area contributed by atoms with E-state index in [2.05, 4.69) is 76.0 Å². The molecule has 0 atom stereocenters. The lowest BCUT2D eigenvalue weighted by molar-refractivity contribution is 0.266. The van der Waals surface area contributed by atoms with Crippen LogP contribution in [-0.4, -0.2) is 34.9 Å². The molecule has 2 aromatic heterocycles. The lowest BCUT2D eigenvalue weighted by atomic mass is 9.76. The first-order valence-electron chi connectivity index (χ1n) is 15.1. The fourth-order valence-corrected chi connectivity index (χ4v) is 6.56. The van der Waals surface area contributed by atoms with Crippen molar-refractivity contribution >= 4 is 11.6 Å². The first kappa shape index (κ1) is 29.3. The maximum absolute atomic E-state index is 9.73. The molecule has 0 radical (unpaired) electrons. The van der Waals surface area contributed by atoms with Gasteiger partial charge in [0.1, 0.15) is 18.0 Å². The summed E-state index contributed by atoms with van der Waals surface area (Å²) in [7, 11) is 0. The summed E-state index contributed by atoms with van der Waals surface area (Å²) in [5.41, 5.74) is 6.85. The lowest BCUT2D eigenvalue weighted by Gasteiger charge is -2.37. The third-order valence-corrected chi connectivity index (χ3v) is 8.82. The van der Waals surface area contributed by atoms with Crippen molar-refractivity contribution in [1.29, 1.82) is 0 Å². The Bertz CT molecular complexity index is 2050. The Morgan fingerprint density at radius 3 is 1.98 bits per heavy atom. The molecule has 2 heterocycles. The number of aliphatic hydroxyl groups is 1. The second-order valence-corrected chi connectivity index (χ2v) is 11.5. The van der Waals surface area contributed by atoms with Crippen LogP contribution >= 0.6 is 11.6 Å². The molecule has 46 heavy (non-hydrogen) atoms. The molecule has 0 aliphatic heterocycles. The molecule has 7 nitrogen and oxygen atoms in total. The van der Waals surface area contributed by atoms with Crippen LogP contribution in [0.1, 0.15) is 33.8 Å². The number of imidazole rings is 1. The van der Waals surface area contributed by atoms with Crippen molar-refractivity contribution in [3.8, 4) is 22.5 Å². The standard InChI is InChI=1S/C38H31ClN6O/c1-27-24-40-36(26-46)44(27)25-28-20-22-29(23-21-28)32-16-8-9-17-33(32)37-41-42-43-45(37)38(30-12-4-2-5-13-30,31-14-6-3-7-15-31)34-18-10-11-19-35(34)39/h2-24,46H,25-26H2,1H3. The van der Waals surface area contributed by atoms with Crippen molar-refractivity contribution in [2.75, 3.05) is 0 Å². The van der Waals surface area contributed by atoms with Crippen molar-refractivity contribution in [3.63, 3.8) is 0 Å². The van der Waals surface area contributed by atoms with Gasteiger partial charge in [-0.1, -0.05) is 139 Å². The van der Waals surface area contributed by atoms with Gasteiger partial charge in [-0.25, -0.2) is 9.67 Å². The maximum Gasteiger partial charge on any atom is 0.184 e. The van der Waals surface area contributed by atoms with Crippen LogP contribution in [-0.2, 0) is 18.7 Å². The van der Waals surface area contributed by atoms with Gasteiger partial charge in [-0.3, -0.25) is 0 Å². The molecule has 7 aromatic rings. The monoisotopic (exact) mass is 622 g/mol. The van der Waals surface area contributed by atoms with Gasteiger partial charge >= 0.3 is 0 Å². The van der Waals surface area contributed by atoms with Gasteiger partial charge in [0.25, 0.3) is 0 Å². The van der Waals surface area contributed by atoms with E-state index >= 15 is 0 Å². The number of aromatic nitrogens is 6. The van der Waals surface area contributed by atoms with Gasteiger partial charge < -0.3 is 9.67 Å². The third kappa shape index (κ3) is 5.09. The van der Waals surface area contributed by atoms with Crippen LogP contribution in [0.15, 0.2) is 140 Å². The van der Waals surface area contributed by atoms with E-state index < -0.39 is 5.54 Å². The predicted molar refractivity (Wildman–Crippen MR) is 180 cm³/mol. The Morgan fingerprint density at radius 2 is 1.33 bits per heavy atom. The molecule has 0 saturated carbocycles. The Labute approximate surface area is 272 Å². The molecule has 226 valence electrons. The van der Waals surface area contributed by atoms with Crippen molar-refractivity contribution in [1.82, 2.24) is 29.8 Å². The normalized spacial score (nSPS) is 11.5. The van der Waals surface area contributed by atoms with Gasteiger partial charge in [0, 0.05) is 34.6 Å². The highest BCUT2D eigenvalue weighted by molar-refractivity contribution is 6.31. The fraction of sp³-hybridized carbons (Fsp3) is 0.105. The average molecular weight is 623 g/mol. The summed E-state index contributed by atoms with van der Waals surface area (Å²) in [6.07, 6.45) is 1.79. The predicted octanol–water partition coefficient (Wildman–Crippen LogP) is 7.55. The number of hydrogen-bond acceptors (Lipinski definition) is 5. The number of aryl methyl sites for hydroxylation is 1. The molecule has 0 bridgehead atoms. The van der Waals surface area contributed by atoms with Gasteiger partial charge in [0.2, 0.25) is 0 Å². The number of hydrogen-bond donors (Lipinski definition) is 1. The molecule has 0 aliphatic carbocycles. The van der Waals surface area contributed by atoms with Gasteiger partial charge in [-0.2, -0.15) is 0 Å². The van der Waals surface area contributed by atoms with Crippen molar-refractivity contribution in [2.24, 2.45) is 0 Å². The highest BCUT2D eigenvalue weighted by Gasteiger charge is 2.43. The smallest absolute Gasteiger partial charge is 0.184 e. The summed E-state index contributed by atoms with van der Waals surface area (Å²) >= 11 is 7.04. The minimum absolute atomic E-state index is 0.102. The molecule has 8 heteroatoms. The molecule has 0 saturated heterocycles. The second kappa shape index (κ2) is 12.6. The molecule has 0 unspecified atom stereocenters. The quantitative estimate of drug-likeness (QED) is 0.168. The molecule has 0 spiro atoms. The van der Waals surface area contributed by atoms with E-state index in [1.807, 2.05) is 89.0 Å². The first-order valence-corrected chi connectivity index (χ1v) is 15.4. The van der Waals surface area contributed by atoms with E-state index in [1.165, 1.54) is 0 Å². The van der Waals surface area contributed by atoms with Crippen LogP contribution in [0.25, 0.3) is 22.5 Å². The van der Waals surface area contributed by atoms with Crippen LogP contribution in [0, 0.1) is 6.92 Å². The molecule has 0 fully saturated rings. The number of tetrazole rings is 1. The summed E-state index contributed by atoms with van der Waals surface area (Å²) in [5.74, 6) is 1.26. The van der Waals surface area contributed by atoms with E-state index in [-0.39, 0.29) is 6.61 Å². The Hall–Kier alpha value is -5.37. The van der Waals surface area contributed by atoms with E-state index in [9.17, 15) is 5.11 Å². The zero-order chi connectivity index (χ0) is 31.5. The van der Waals surface area contributed by atoms with Gasteiger partial charge in [0.15, 0.2) is 5.82 Å². The van der Waals surface area contributed by atoms with Crippen LogP contribution < -0.4 is 0 Å². The topological polar surface area (TPSA) is 81.7 Å². The third-order valence-electron chi connectivity index (χ3n) is 8.49. The first-order chi connectivity index (χ1) is 22.6. The van der Waals surface area contributed by atoms with Gasteiger partial charge in [-0.15, -0.1) is 5.10 Å². The number of nitrogens with zero attached hydrogens (tertiary/aromatic N) is 6. The Balaban J connectivity index is 1.40. The van der Waals surface area contributed by atoms with E-state index in [0.717, 1.165) is 44.6 Å². The zero-order valence-electron chi connectivity index (χ0n) is 25.2. The summed E-state index contributed by atoms with van der Waals surface area (Å²) in [6.45, 7) is 2.51. The molecular formula is C38H31ClN6O. The van der Waals surface area contributed by atoms with Gasteiger partial charge in [-0.05, 0) is 51.2 Å². The van der Waals surface area contributed by atoms with Crippen LogP contribution in [0.4, 0.5) is 0 Å². The zero-order valence-corrected chi connectivity index (χ0v) is 26.0. The molecule has 0 amide bonds. The van der Waals surface area contributed by atoms with Crippen molar-refractivity contribution < 1.29 is 5.11 Å². The Morgan fingerprint density at radius 1 is 0.717 bits per heavy atom. The summed E-state index contributed by atoms with van der Waals surface area (Å²) in [4.78, 5) is 4.32. The molecule has 5 aromatic carbocycles. The maximum atomic E-state index is 9.73. The largest absolute Gasteiger partial charge is 0.388 e. The van der Waals surface area contributed by atoms with Gasteiger partial charge in [0.05, 0.1) is 0 Å².